The number of aliphatic hydroxyl groups excluding tert-OH is 1. The van der Waals surface area contributed by atoms with Crippen LogP contribution in [0.4, 0.5) is 4.39 Å². The van der Waals surface area contributed by atoms with Gasteiger partial charge >= 0.3 is 0 Å². The second-order valence-corrected chi connectivity index (χ2v) is 3.75. The van der Waals surface area contributed by atoms with Crippen LogP contribution in [0, 0.1) is 17.1 Å². The van der Waals surface area contributed by atoms with Crippen molar-refractivity contribution in [1.29, 1.82) is 5.26 Å². The molecule has 0 aliphatic rings. The molecule has 2 N–H and O–H groups in total. The summed E-state index contributed by atoms with van der Waals surface area (Å²) in [5.74, 6) is -0.398. The molecule has 4 heteroatoms. The first-order valence-electron chi connectivity index (χ1n) is 5.19. The Kier molecular flexibility index (Phi) is 4.90. The van der Waals surface area contributed by atoms with Gasteiger partial charge < -0.3 is 10.4 Å². The van der Waals surface area contributed by atoms with E-state index >= 15 is 0 Å². The van der Waals surface area contributed by atoms with Crippen LogP contribution >= 0.6 is 0 Å². The van der Waals surface area contributed by atoms with Crippen molar-refractivity contribution in [3.05, 3.63) is 35.1 Å². The SMILES string of the molecule is CC(CCO)NCc1cc(F)cc(C#N)c1. The molecule has 0 bridgehead atoms. The van der Waals surface area contributed by atoms with Crippen LogP contribution in [-0.4, -0.2) is 17.8 Å². The molecule has 1 unspecified atom stereocenters. The first-order chi connectivity index (χ1) is 7.65. The Hall–Kier alpha value is -1.44. The zero-order valence-corrected chi connectivity index (χ0v) is 9.20. The molecule has 0 aliphatic heterocycles. The summed E-state index contributed by atoms with van der Waals surface area (Å²) in [6.45, 7) is 2.56. The van der Waals surface area contributed by atoms with Crippen LogP contribution in [0.15, 0.2) is 18.2 Å². The highest BCUT2D eigenvalue weighted by Gasteiger charge is 2.03. The maximum Gasteiger partial charge on any atom is 0.124 e. The summed E-state index contributed by atoms with van der Waals surface area (Å²) in [7, 11) is 0. The van der Waals surface area contributed by atoms with Crippen LogP contribution in [0.25, 0.3) is 0 Å². The first kappa shape index (κ1) is 12.6. The quantitative estimate of drug-likeness (QED) is 0.794. The van der Waals surface area contributed by atoms with Crippen molar-refractivity contribution in [1.82, 2.24) is 5.32 Å². The molecule has 86 valence electrons. The van der Waals surface area contributed by atoms with Gasteiger partial charge in [-0.3, -0.25) is 0 Å². The van der Waals surface area contributed by atoms with E-state index in [1.54, 1.807) is 6.07 Å². The van der Waals surface area contributed by atoms with Crippen molar-refractivity contribution in [2.75, 3.05) is 6.61 Å². The van der Waals surface area contributed by atoms with Crippen molar-refractivity contribution in [3.8, 4) is 6.07 Å². The van der Waals surface area contributed by atoms with Gasteiger partial charge in [0.15, 0.2) is 0 Å². The van der Waals surface area contributed by atoms with Gasteiger partial charge in [0.05, 0.1) is 11.6 Å². The lowest BCUT2D eigenvalue weighted by molar-refractivity contribution is 0.268. The molecular formula is C12H15FN2O. The number of nitrogens with one attached hydrogen (secondary N) is 1. The average molecular weight is 222 g/mol. The number of hydrogen-bond donors (Lipinski definition) is 2. The summed E-state index contributed by atoms with van der Waals surface area (Å²) < 4.78 is 13.1. The van der Waals surface area contributed by atoms with Crippen LogP contribution in [0.2, 0.25) is 0 Å². The number of hydrogen-bond acceptors (Lipinski definition) is 3. The second-order valence-electron chi connectivity index (χ2n) is 3.75. The molecule has 0 fully saturated rings. The molecule has 1 aromatic rings. The summed E-state index contributed by atoms with van der Waals surface area (Å²) in [5, 5.41) is 20.5. The van der Waals surface area contributed by atoms with Gasteiger partial charge in [-0.15, -0.1) is 0 Å². The van der Waals surface area contributed by atoms with Crippen LogP contribution in [0.5, 0.6) is 0 Å². The fraction of sp³-hybridized carbons (Fsp3) is 0.417. The second kappa shape index (κ2) is 6.21. The normalized spacial score (nSPS) is 12.1. The van der Waals surface area contributed by atoms with Gasteiger partial charge in [0.1, 0.15) is 5.82 Å². The number of nitriles is 1. The van der Waals surface area contributed by atoms with Crippen molar-refractivity contribution in [2.24, 2.45) is 0 Å². The molecule has 0 radical (unpaired) electrons. The third-order valence-electron chi connectivity index (χ3n) is 2.30. The average Bonchev–Trinajstić information content (AvgIpc) is 2.26. The largest absolute Gasteiger partial charge is 0.396 e. The fourth-order valence-corrected chi connectivity index (χ4v) is 1.40. The highest BCUT2D eigenvalue weighted by molar-refractivity contribution is 5.33. The van der Waals surface area contributed by atoms with Gasteiger partial charge in [-0.25, -0.2) is 4.39 Å². The van der Waals surface area contributed by atoms with E-state index in [-0.39, 0.29) is 12.6 Å². The number of rotatable bonds is 5. The van der Waals surface area contributed by atoms with Crippen LogP contribution in [0.1, 0.15) is 24.5 Å². The Balaban J connectivity index is 2.60. The zero-order valence-electron chi connectivity index (χ0n) is 9.20. The highest BCUT2D eigenvalue weighted by Crippen LogP contribution is 2.08. The first-order valence-corrected chi connectivity index (χ1v) is 5.19. The van der Waals surface area contributed by atoms with E-state index in [1.807, 2.05) is 13.0 Å². The smallest absolute Gasteiger partial charge is 0.124 e. The van der Waals surface area contributed by atoms with E-state index in [0.717, 1.165) is 5.56 Å². The van der Waals surface area contributed by atoms with Crippen molar-refractivity contribution in [3.63, 3.8) is 0 Å². The monoisotopic (exact) mass is 222 g/mol. The highest BCUT2D eigenvalue weighted by atomic mass is 19.1. The third kappa shape index (κ3) is 3.97. The Labute approximate surface area is 94.5 Å². The Bertz CT molecular complexity index is 387. The molecule has 0 amide bonds. The Morgan fingerprint density at radius 2 is 2.25 bits per heavy atom. The Morgan fingerprint density at radius 3 is 2.88 bits per heavy atom. The number of aliphatic hydroxyl groups is 1. The summed E-state index contributed by atoms with van der Waals surface area (Å²) in [6, 6.07) is 6.34. The molecule has 0 aliphatic carbocycles. The van der Waals surface area contributed by atoms with Gasteiger partial charge in [0.2, 0.25) is 0 Å². The van der Waals surface area contributed by atoms with Crippen molar-refractivity contribution in [2.45, 2.75) is 25.9 Å². The minimum atomic E-state index is -0.398. The molecule has 1 atom stereocenters. The number of benzene rings is 1. The lowest BCUT2D eigenvalue weighted by Gasteiger charge is -2.12. The van der Waals surface area contributed by atoms with E-state index in [2.05, 4.69) is 5.32 Å². The number of halogens is 1. The van der Waals surface area contributed by atoms with Gasteiger partial charge in [-0.2, -0.15) is 5.26 Å². The molecule has 16 heavy (non-hydrogen) atoms. The molecular weight excluding hydrogens is 207 g/mol. The van der Waals surface area contributed by atoms with Gasteiger partial charge in [0, 0.05) is 19.2 Å². The molecule has 0 heterocycles. The van der Waals surface area contributed by atoms with E-state index in [4.69, 9.17) is 10.4 Å². The molecule has 0 saturated heterocycles. The molecule has 1 aromatic carbocycles. The van der Waals surface area contributed by atoms with E-state index < -0.39 is 5.82 Å². The molecule has 0 saturated carbocycles. The lowest BCUT2D eigenvalue weighted by atomic mass is 10.1. The van der Waals surface area contributed by atoms with E-state index in [9.17, 15) is 4.39 Å². The molecule has 0 aromatic heterocycles. The molecule has 0 spiro atoms. The minimum absolute atomic E-state index is 0.126. The molecule has 3 nitrogen and oxygen atoms in total. The van der Waals surface area contributed by atoms with Gasteiger partial charge in [-0.05, 0) is 37.1 Å². The van der Waals surface area contributed by atoms with Crippen LogP contribution in [0.3, 0.4) is 0 Å². The van der Waals surface area contributed by atoms with Crippen molar-refractivity contribution < 1.29 is 9.50 Å². The topological polar surface area (TPSA) is 56.0 Å². The van der Waals surface area contributed by atoms with Crippen LogP contribution < -0.4 is 5.32 Å². The van der Waals surface area contributed by atoms with Crippen LogP contribution in [-0.2, 0) is 6.54 Å². The number of nitrogens with zero attached hydrogens (tertiary/aromatic N) is 1. The predicted octanol–water partition coefficient (Wildman–Crippen LogP) is 1.56. The summed E-state index contributed by atoms with van der Waals surface area (Å²) in [5.41, 5.74) is 1.06. The zero-order chi connectivity index (χ0) is 12.0. The maximum atomic E-state index is 13.1. The predicted molar refractivity (Wildman–Crippen MR) is 59.1 cm³/mol. The third-order valence-corrected chi connectivity index (χ3v) is 2.30. The minimum Gasteiger partial charge on any atom is -0.396 e. The summed E-state index contributed by atoms with van der Waals surface area (Å²) >= 11 is 0. The van der Waals surface area contributed by atoms with Gasteiger partial charge in [-0.1, -0.05) is 0 Å². The molecule has 1 rings (SSSR count). The maximum absolute atomic E-state index is 13.1. The standard InChI is InChI=1S/C12H15FN2O/c1-9(2-3-16)15-8-11-4-10(7-14)5-12(13)6-11/h4-6,9,15-16H,2-3,8H2,1H3. The summed E-state index contributed by atoms with van der Waals surface area (Å²) in [6.07, 6.45) is 0.653. The van der Waals surface area contributed by atoms with Crippen molar-refractivity contribution >= 4 is 0 Å². The lowest BCUT2D eigenvalue weighted by Crippen LogP contribution is -2.26. The van der Waals surface area contributed by atoms with E-state index in [0.29, 0.717) is 18.5 Å². The van der Waals surface area contributed by atoms with Gasteiger partial charge in [0.25, 0.3) is 0 Å². The Morgan fingerprint density at radius 1 is 1.50 bits per heavy atom. The summed E-state index contributed by atoms with van der Waals surface area (Å²) in [4.78, 5) is 0. The fourth-order valence-electron chi connectivity index (χ4n) is 1.40. The van der Waals surface area contributed by atoms with E-state index in [1.165, 1.54) is 12.1 Å².